The number of primary amides is 1. The average Bonchev–Trinajstić information content (AvgIpc) is 2.58. The molecule has 2 aromatic rings. The summed E-state index contributed by atoms with van der Waals surface area (Å²) < 4.78 is 63.7. The van der Waals surface area contributed by atoms with E-state index in [9.17, 15) is 31.2 Å². The molecule has 2 aromatic carbocycles. The van der Waals surface area contributed by atoms with E-state index in [0.717, 1.165) is 6.07 Å². The quantitative estimate of drug-likeness (QED) is 0.706. The SMILES string of the molecule is CS(=O)(=O)N(CC(=O)Nc1ccccc1C(N)=O)c1cc(C(F)(F)F)ccc1Cl. The van der Waals surface area contributed by atoms with E-state index < -0.39 is 45.8 Å². The maximum Gasteiger partial charge on any atom is 0.416 e. The molecule has 29 heavy (non-hydrogen) atoms. The third kappa shape index (κ3) is 5.61. The zero-order chi connectivity index (χ0) is 22.0. The number of carbonyl (C=O) groups is 2. The van der Waals surface area contributed by atoms with Gasteiger partial charge < -0.3 is 11.1 Å². The second-order valence-corrected chi connectivity index (χ2v) is 8.21. The number of hydrogen-bond donors (Lipinski definition) is 2. The third-order valence-electron chi connectivity index (χ3n) is 3.70. The summed E-state index contributed by atoms with van der Waals surface area (Å²) in [4.78, 5) is 23.8. The van der Waals surface area contributed by atoms with Crippen LogP contribution in [0.15, 0.2) is 42.5 Å². The van der Waals surface area contributed by atoms with Crippen molar-refractivity contribution in [3.05, 3.63) is 58.6 Å². The molecule has 0 fully saturated rings. The minimum atomic E-state index is -4.74. The van der Waals surface area contributed by atoms with Crippen molar-refractivity contribution in [2.24, 2.45) is 5.73 Å². The molecule has 2 rings (SSSR count). The summed E-state index contributed by atoms with van der Waals surface area (Å²) >= 11 is 5.89. The van der Waals surface area contributed by atoms with Gasteiger partial charge in [0, 0.05) is 0 Å². The summed E-state index contributed by atoms with van der Waals surface area (Å²) in [5, 5.41) is 2.02. The van der Waals surface area contributed by atoms with Crippen molar-refractivity contribution in [2.75, 3.05) is 22.4 Å². The topological polar surface area (TPSA) is 110 Å². The molecule has 0 atom stereocenters. The smallest absolute Gasteiger partial charge is 0.366 e. The molecule has 0 aliphatic carbocycles. The summed E-state index contributed by atoms with van der Waals surface area (Å²) in [5.74, 6) is -1.75. The van der Waals surface area contributed by atoms with E-state index in [0.29, 0.717) is 22.7 Å². The van der Waals surface area contributed by atoms with E-state index in [2.05, 4.69) is 5.32 Å². The van der Waals surface area contributed by atoms with E-state index in [1.807, 2.05) is 0 Å². The number of nitrogens with two attached hydrogens (primary N) is 1. The Labute approximate surface area is 169 Å². The van der Waals surface area contributed by atoms with E-state index >= 15 is 0 Å². The summed E-state index contributed by atoms with van der Waals surface area (Å²) in [6.45, 7) is -0.882. The van der Waals surface area contributed by atoms with Gasteiger partial charge in [0.2, 0.25) is 15.9 Å². The van der Waals surface area contributed by atoms with Gasteiger partial charge in [0.15, 0.2) is 0 Å². The molecule has 0 saturated heterocycles. The molecule has 0 bridgehead atoms. The normalized spacial score (nSPS) is 11.8. The van der Waals surface area contributed by atoms with Gasteiger partial charge >= 0.3 is 6.18 Å². The zero-order valence-electron chi connectivity index (χ0n) is 14.8. The van der Waals surface area contributed by atoms with Crippen molar-refractivity contribution in [2.45, 2.75) is 6.18 Å². The minimum Gasteiger partial charge on any atom is -0.366 e. The number of rotatable bonds is 6. The first-order valence-electron chi connectivity index (χ1n) is 7.84. The van der Waals surface area contributed by atoms with Crippen LogP contribution in [0.25, 0.3) is 0 Å². The molecule has 0 unspecified atom stereocenters. The number of benzene rings is 2. The Bertz CT molecular complexity index is 1060. The molecular formula is C17H15ClF3N3O4S. The Morgan fingerprint density at radius 3 is 2.34 bits per heavy atom. The number of anilines is 2. The van der Waals surface area contributed by atoms with Crippen molar-refractivity contribution in [1.29, 1.82) is 0 Å². The van der Waals surface area contributed by atoms with Crippen molar-refractivity contribution >= 4 is 44.8 Å². The van der Waals surface area contributed by atoms with Crippen LogP contribution in [0.2, 0.25) is 5.02 Å². The lowest BCUT2D eigenvalue weighted by Crippen LogP contribution is -2.38. The second-order valence-electron chi connectivity index (χ2n) is 5.89. The van der Waals surface area contributed by atoms with Crippen LogP contribution in [-0.4, -0.2) is 33.0 Å². The van der Waals surface area contributed by atoms with Crippen LogP contribution in [0, 0.1) is 0 Å². The summed E-state index contributed by atoms with van der Waals surface area (Å²) in [5.41, 5.74) is 3.56. The van der Waals surface area contributed by atoms with Gasteiger partial charge in [0.05, 0.1) is 33.8 Å². The number of hydrogen-bond acceptors (Lipinski definition) is 4. The first-order valence-corrected chi connectivity index (χ1v) is 10.1. The molecule has 0 aliphatic rings. The second kappa shape index (κ2) is 8.29. The van der Waals surface area contributed by atoms with Gasteiger partial charge in [-0.15, -0.1) is 0 Å². The molecule has 3 N–H and O–H groups in total. The van der Waals surface area contributed by atoms with Gasteiger partial charge in [-0.2, -0.15) is 13.2 Å². The molecule has 0 aromatic heterocycles. The Morgan fingerprint density at radius 1 is 1.17 bits per heavy atom. The van der Waals surface area contributed by atoms with Gasteiger partial charge in [-0.05, 0) is 30.3 Å². The molecular weight excluding hydrogens is 435 g/mol. The Morgan fingerprint density at radius 2 is 1.79 bits per heavy atom. The number of nitrogens with zero attached hydrogens (tertiary/aromatic N) is 1. The number of sulfonamides is 1. The highest BCUT2D eigenvalue weighted by Crippen LogP contribution is 2.36. The standard InChI is InChI=1S/C17H15ClF3N3O4S/c1-29(27,28)24(14-8-10(17(19,20)21)6-7-12(14)18)9-15(25)23-13-5-3-2-4-11(13)16(22)26/h2-8H,9H2,1H3,(H2,22,26)(H,23,25). The summed E-state index contributed by atoms with van der Waals surface area (Å²) in [7, 11) is -4.19. The predicted octanol–water partition coefficient (Wildman–Crippen LogP) is 2.86. The van der Waals surface area contributed by atoms with Crippen molar-refractivity contribution in [3.8, 4) is 0 Å². The summed E-state index contributed by atoms with van der Waals surface area (Å²) in [6.07, 6.45) is -4.03. The van der Waals surface area contributed by atoms with Crippen molar-refractivity contribution in [3.63, 3.8) is 0 Å². The number of halogens is 4. The van der Waals surface area contributed by atoms with Crippen LogP contribution in [0.5, 0.6) is 0 Å². The maximum atomic E-state index is 13.0. The van der Waals surface area contributed by atoms with Crippen LogP contribution in [0.4, 0.5) is 24.5 Å². The number of carbonyl (C=O) groups excluding carboxylic acids is 2. The fraction of sp³-hybridized carbons (Fsp3) is 0.176. The molecule has 0 saturated carbocycles. The van der Waals surface area contributed by atoms with Crippen LogP contribution in [0.1, 0.15) is 15.9 Å². The van der Waals surface area contributed by atoms with Gasteiger partial charge in [-0.1, -0.05) is 23.7 Å². The highest BCUT2D eigenvalue weighted by molar-refractivity contribution is 7.92. The number of amides is 2. The van der Waals surface area contributed by atoms with Gasteiger partial charge in [-0.25, -0.2) is 8.42 Å². The highest BCUT2D eigenvalue weighted by Gasteiger charge is 2.33. The van der Waals surface area contributed by atoms with E-state index in [1.54, 1.807) is 0 Å². The van der Waals surface area contributed by atoms with Crippen LogP contribution in [0.3, 0.4) is 0 Å². The zero-order valence-corrected chi connectivity index (χ0v) is 16.4. The third-order valence-corrected chi connectivity index (χ3v) is 5.14. The number of para-hydroxylation sites is 1. The molecule has 0 radical (unpaired) electrons. The average molecular weight is 450 g/mol. The lowest BCUT2D eigenvalue weighted by molar-refractivity contribution is -0.137. The fourth-order valence-electron chi connectivity index (χ4n) is 2.39. The molecule has 2 amide bonds. The summed E-state index contributed by atoms with van der Waals surface area (Å²) in [6, 6.07) is 7.82. The fourth-order valence-corrected chi connectivity index (χ4v) is 3.52. The predicted molar refractivity (Wildman–Crippen MR) is 102 cm³/mol. The molecule has 0 aliphatic heterocycles. The Balaban J connectivity index is 2.39. The van der Waals surface area contributed by atoms with Crippen LogP contribution < -0.4 is 15.4 Å². The largest absolute Gasteiger partial charge is 0.416 e. The first kappa shape index (κ1) is 22.5. The molecule has 0 spiro atoms. The van der Waals surface area contributed by atoms with Crippen molar-refractivity contribution < 1.29 is 31.2 Å². The van der Waals surface area contributed by atoms with E-state index in [4.69, 9.17) is 17.3 Å². The maximum absolute atomic E-state index is 13.0. The monoisotopic (exact) mass is 449 g/mol. The highest BCUT2D eigenvalue weighted by atomic mass is 35.5. The van der Waals surface area contributed by atoms with Crippen LogP contribution >= 0.6 is 11.6 Å². The van der Waals surface area contributed by atoms with Crippen LogP contribution in [-0.2, 0) is 21.0 Å². The minimum absolute atomic E-state index is 0.0218. The molecule has 0 heterocycles. The van der Waals surface area contributed by atoms with Crippen molar-refractivity contribution in [1.82, 2.24) is 0 Å². The van der Waals surface area contributed by atoms with E-state index in [-0.39, 0.29) is 16.3 Å². The molecule has 12 heteroatoms. The Hall–Kier alpha value is -2.79. The number of nitrogens with one attached hydrogen (secondary N) is 1. The van der Waals surface area contributed by atoms with Gasteiger partial charge in [0.1, 0.15) is 6.54 Å². The molecule has 156 valence electrons. The van der Waals surface area contributed by atoms with Gasteiger partial charge in [0.25, 0.3) is 5.91 Å². The first-order chi connectivity index (χ1) is 13.3. The Kier molecular flexibility index (Phi) is 6.43. The van der Waals surface area contributed by atoms with Gasteiger partial charge in [-0.3, -0.25) is 13.9 Å². The number of alkyl halides is 3. The van der Waals surface area contributed by atoms with E-state index in [1.165, 1.54) is 24.3 Å². The lowest BCUT2D eigenvalue weighted by atomic mass is 10.1. The lowest BCUT2D eigenvalue weighted by Gasteiger charge is -2.24. The molecule has 7 nitrogen and oxygen atoms in total.